The number of hydrogen-bond acceptors (Lipinski definition) is 1. The maximum Gasteiger partial charge on any atom is 0 e. The molecule has 1 saturated heterocycles. The molecule has 1 aliphatic heterocycles. The molecule has 0 unspecified atom stereocenters. The predicted molar refractivity (Wildman–Crippen MR) is 34.1 cm³/mol. The van der Waals surface area contributed by atoms with Crippen molar-refractivity contribution in [3.63, 3.8) is 0 Å². The van der Waals surface area contributed by atoms with Gasteiger partial charge in [-0.2, -0.15) is 11.8 Å². The lowest BCUT2D eigenvalue weighted by Gasteiger charge is -1.69. The minimum atomic E-state index is 0. The third kappa shape index (κ3) is 1.98. The Morgan fingerprint density at radius 2 is 1.50 bits per heavy atom. The molecule has 0 aromatic heterocycles. The van der Waals surface area contributed by atoms with Gasteiger partial charge in [0.25, 0.3) is 0 Å². The average molecular weight is 120 g/mol. The first-order chi connectivity index (χ1) is 2.50. The van der Waals surface area contributed by atoms with Gasteiger partial charge in [0.2, 0.25) is 0 Å². The van der Waals surface area contributed by atoms with Crippen LogP contribution in [0.5, 0.6) is 0 Å². The van der Waals surface area contributed by atoms with E-state index in [0.717, 1.165) is 0 Å². The Bertz CT molecular complexity index is 17.1. The zero-order chi connectivity index (χ0) is 3.54. The molecular formula is C4H8S2. The highest BCUT2D eigenvalue weighted by Gasteiger charge is 1.95. The molecule has 0 aromatic carbocycles. The highest BCUT2D eigenvalue weighted by Crippen LogP contribution is 2.14. The zero-order valence-electron chi connectivity index (χ0n) is 3.64. The molecule has 0 N–H and O–H groups in total. The minimum Gasteiger partial charge on any atom is -0.162 e. The lowest BCUT2D eigenvalue weighted by atomic mass is 10.4. The second-order valence-electron chi connectivity index (χ2n) is 1.32. The smallest absolute Gasteiger partial charge is 0 e. The Morgan fingerprint density at radius 1 is 1.00 bits per heavy atom. The van der Waals surface area contributed by atoms with Crippen molar-refractivity contribution in [1.82, 2.24) is 0 Å². The van der Waals surface area contributed by atoms with Gasteiger partial charge in [-0.25, -0.2) is 0 Å². The van der Waals surface area contributed by atoms with Gasteiger partial charge >= 0.3 is 0 Å². The first-order valence-corrected chi connectivity index (χ1v) is 3.23. The van der Waals surface area contributed by atoms with E-state index in [1.54, 1.807) is 0 Å². The summed E-state index contributed by atoms with van der Waals surface area (Å²) in [6.07, 6.45) is 2.93. The van der Waals surface area contributed by atoms with E-state index in [4.69, 9.17) is 0 Å². The molecule has 0 amide bonds. The third-order valence-corrected chi connectivity index (χ3v) is 1.98. The van der Waals surface area contributed by atoms with Crippen LogP contribution < -0.4 is 0 Å². The minimum absolute atomic E-state index is 0. The summed E-state index contributed by atoms with van der Waals surface area (Å²) in [5.74, 6) is 2.83. The van der Waals surface area contributed by atoms with Gasteiger partial charge in [0.15, 0.2) is 0 Å². The topological polar surface area (TPSA) is 0 Å². The van der Waals surface area contributed by atoms with Gasteiger partial charge < -0.3 is 0 Å². The van der Waals surface area contributed by atoms with Crippen LogP contribution in [0.15, 0.2) is 0 Å². The molecule has 0 bridgehead atoms. The molecule has 0 spiro atoms. The summed E-state index contributed by atoms with van der Waals surface area (Å²) in [6, 6.07) is 0. The Hall–Kier alpha value is 0.700. The monoisotopic (exact) mass is 120 g/mol. The van der Waals surface area contributed by atoms with Gasteiger partial charge in [-0.05, 0) is 24.3 Å². The molecule has 0 aromatic rings. The molecule has 1 rings (SSSR count). The Labute approximate surface area is 50.1 Å². The molecular weight excluding hydrogens is 112 g/mol. The van der Waals surface area contributed by atoms with Crippen LogP contribution in [-0.2, 0) is 0 Å². The van der Waals surface area contributed by atoms with Crippen LogP contribution in [0.25, 0.3) is 0 Å². The van der Waals surface area contributed by atoms with E-state index in [9.17, 15) is 0 Å². The largest absolute Gasteiger partial charge is 0.162 e. The van der Waals surface area contributed by atoms with Crippen LogP contribution in [0.2, 0.25) is 0 Å². The van der Waals surface area contributed by atoms with Crippen LogP contribution in [-0.4, -0.2) is 11.5 Å². The van der Waals surface area contributed by atoms with Crippen LogP contribution in [0, 0.1) is 0 Å². The second-order valence-corrected chi connectivity index (χ2v) is 2.54. The Balaban J connectivity index is 0.000000250. The molecule has 36 valence electrons. The van der Waals surface area contributed by atoms with E-state index in [1.807, 2.05) is 0 Å². The SMILES string of the molecule is C1CCSC1.[S]. The normalized spacial score (nSPS) is 20.0. The molecule has 2 radical (unpaired) electrons. The van der Waals surface area contributed by atoms with Crippen molar-refractivity contribution in [3.05, 3.63) is 0 Å². The van der Waals surface area contributed by atoms with Crippen LogP contribution in [0.4, 0.5) is 0 Å². The third-order valence-electron chi connectivity index (χ3n) is 0.827. The van der Waals surface area contributed by atoms with Crippen molar-refractivity contribution in [2.75, 3.05) is 11.5 Å². The molecule has 6 heavy (non-hydrogen) atoms. The summed E-state index contributed by atoms with van der Waals surface area (Å²) in [7, 11) is 0. The number of hydrogen-bond donors (Lipinski definition) is 0. The lowest BCUT2D eigenvalue weighted by Crippen LogP contribution is -1.58. The van der Waals surface area contributed by atoms with E-state index in [1.165, 1.54) is 24.3 Å². The van der Waals surface area contributed by atoms with E-state index in [0.29, 0.717) is 0 Å². The molecule has 0 saturated carbocycles. The van der Waals surface area contributed by atoms with Crippen molar-refractivity contribution < 1.29 is 0 Å². The lowest BCUT2D eigenvalue weighted by molar-refractivity contribution is 0.949. The summed E-state index contributed by atoms with van der Waals surface area (Å²) in [6.45, 7) is 0. The molecule has 1 heterocycles. The van der Waals surface area contributed by atoms with Gasteiger partial charge in [-0.3, -0.25) is 0 Å². The Morgan fingerprint density at radius 3 is 1.67 bits per heavy atom. The fourth-order valence-electron chi connectivity index (χ4n) is 0.510. The predicted octanol–water partition coefficient (Wildman–Crippen LogP) is 2.16. The Kier molecular flexibility index (Phi) is 4.33. The summed E-state index contributed by atoms with van der Waals surface area (Å²) in [4.78, 5) is 0. The van der Waals surface area contributed by atoms with Gasteiger partial charge in [-0.1, -0.05) is 0 Å². The summed E-state index contributed by atoms with van der Waals surface area (Å²) >= 11 is 2.07. The summed E-state index contributed by atoms with van der Waals surface area (Å²) in [5, 5.41) is 0. The van der Waals surface area contributed by atoms with Crippen LogP contribution >= 0.6 is 25.3 Å². The average Bonchev–Trinajstić information content (AvgIpc) is 1.76. The van der Waals surface area contributed by atoms with Gasteiger partial charge in [0.05, 0.1) is 0 Å². The summed E-state index contributed by atoms with van der Waals surface area (Å²) < 4.78 is 0. The second kappa shape index (κ2) is 3.88. The van der Waals surface area contributed by atoms with Crippen LogP contribution in [0.3, 0.4) is 0 Å². The number of thioether (sulfide) groups is 1. The van der Waals surface area contributed by atoms with E-state index in [-0.39, 0.29) is 13.5 Å². The van der Waals surface area contributed by atoms with E-state index < -0.39 is 0 Å². The van der Waals surface area contributed by atoms with E-state index in [2.05, 4.69) is 11.8 Å². The number of rotatable bonds is 0. The fourth-order valence-corrected chi connectivity index (χ4v) is 1.53. The van der Waals surface area contributed by atoms with Crippen molar-refractivity contribution in [3.8, 4) is 0 Å². The quantitative estimate of drug-likeness (QED) is 0.472. The van der Waals surface area contributed by atoms with E-state index >= 15 is 0 Å². The molecule has 0 aliphatic carbocycles. The first kappa shape index (κ1) is 6.70. The molecule has 1 fully saturated rings. The van der Waals surface area contributed by atoms with Crippen LogP contribution in [0.1, 0.15) is 12.8 Å². The first-order valence-electron chi connectivity index (χ1n) is 2.08. The molecule has 0 atom stereocenters. The highest BCUT2D eigenvalue weighted by molar-refractivity contribution is 7.99. The zero-order valence-corrected chi connectivity index (χ0v) is 5.28. The van der Waals surface area contributed by atoms with Crippen molar-refractivity contribution >= 4 is 25.3 Å². The summed E-state index contributed by atoms with van der Waals surface area (Å²) in [5.41, 5.74) is 0. The maximum absolute atomic E-state index is 2.07. The standard InChI is InChI=1S/C4H8S.S/c1-2-4-5-3-1;/h1-4H2;. The van der Waals surface area contributed by atoms with Gasteiger partial charge in [-0.15, -0.1) is 0 Å². The van der Waals surface area contributed by atoms with Crippen molar-refractivity contribution in [2.45, 2.75) is 12.8 Å². The molecule has 2 heteroatoms. The molecule has 1 aliphatic rings. The van der Waals surface area contributed by atoms with Crippen molar-refractivity contribution in [2.24, 2.45) is 0 Å². The van der Waals surface area contributed by atoms with Gasteiger partial charge in [0, 0.05) is 13.5 Å². The van der Waals surface area contributed by atoms with Crippen molar-refractivity contribution in [1.29, 1.82) is 0 Å². The maximum atomic E-state index is 2.07. The fraction of sp³-hybridized carbons (Fsp3) is 1.00. The highest BCUT2D eigenvalue weighted by atomic mass is 32.2. The van der Waals surface area contributed by atoms with Gasteiger partial charge in [0.1, 0.15) is 0 Å². The molecule has 0 nitrogen and oxygen atoms in total.